The van der Waals surface area contributed by atoms with Crippen LogP contribution in [-0.4, -0.2) is 36.0 Å². The highest BCUT2D eigenvalue weighted by molar-refractivity contribution is 7.15. The normalized spacial score (nSPS) is 11.9. The number of hydrogen-bond acceptors (Lipinski definition) is 6. The first-order chi connectivity index (χ1) is 18.6. The van der Waals surface area contributed by atoms with E-state index < -0.39 is 5.82 Å². The van der Waals surface area contributed by atoms with Crippen molar-refractivity contribution in [3.63, 3.8) is 0 Å². The summed E-state index contributed by atoms with van der Waals surface area (Å²) >= 11 is 1.66. The average molecular weight is 540 g/mol. The van der Waals surface area contributed by atoms with E-state index in [1.165, 1.54) is 10.9 Å². The quantitative estimate of drug-likeness (QED) is 0.216. The van der Waals surface area contributed by atoms with Gasteiger partial charge < -0.3 is 10.3 Å². The number of H-pyrrole nitrogens is 2. The molecule has 196 valence electrons. The topological polar surface area (TPSA) is 112 Å². The molecule has 6 aromatic rings. The van der Waals surface area contributed by atoms with Crippen molar-refractivity contribution in [1.29, 1.82) is 0 Å². The Morgan fingerprint density at radius 2 is 1.92 bits per heavy atom. The van der Waals surface area contributed by atoms with Crippen molar-refractivity contribution in [3.8, 4) is 33.2 Å². The van der Waals surface area contributed by atoms with Gasteiger partial charge in [0.2, 0.25) is 5.91 Å². The van der Waals surface area contributed by atoms with Gasteiger partial charge in [-0.25, -0.2) is 9.37 Å². The molecule has 1 aromatic carbocycles. The van der Waals surface area contributed by atoms with Crippen LogP contribution in [0.5, 0.6) is 0 Å². The number of carbonyl (C=O) groups excluding carboxylic acids is 1. The maximum atomic E-state index is 15.2. The van der Waals surface area contributed by atoms with E-state index in [1.54, 1.807) is 36.0 Å². The minimum Gasteiger partial charge on any atom is -0.337 e. The van der Waals surface area contributed by atoms with E-state index in [2.05, 4.69) is 43.5 Å². The molecule has 0 bridgehead atoms. The lowest BCUT2D eigenvalue weighted by Crippen LogP contribution is -2.19. The smallest absolute Gasteiger partial charge is 0.224 e. The van der Waals surface area contributed by atoms with Crippen LogP contribution in [0.2, 0.25) is 0 Å². The number of nitrogens with one attached hydrogen (secondary N) is 3. The number of amides is 1. The standard InChI is InChI=1S/C29H26FN7OS/c1-15-5-6-22(39-15)27-26-21(7-8-32-27)34-28(35-26)25-19-10-16(11-20(30)24(19)36-37-25)17-9-18(14-31-13-17)33-23(38)12-29(2,3)4/h5-11,13-14H,12H2,1-4H3,(H,33,38)(H,34,35)(H,36,37). The minimum atomic E-state index is -0.473. The predicted molar refractivity (Wildman–Crippen MR) is 153 cm³/mol. The minimum absolute atomic E-state index is 0.100. The third kappa shape index (κ3) is 4.90. The molecule has 3 N–H and O–H groups in total. The van der Waals surface area contributed by atoms with Gasteiger partial charge in [-0.15, -0.1) is 11.3 Å². The Bertz CT molecular complexity index is 1860. The van der Waals surface area contributed by atoms with Crippen LogP contribution in [0, 0.1) is 18.2 Å². The highest BCUT2D eigenvalue weighted by Gasteiger charge is 2.20. The molecule has 0 spiro atoms. The Morgan fingerprint density at radius 1 is 1.08 bits per heavy atom. The third-order valence-corrected chi connectivity index (χ3v) is 7.28. The fourth-order valence-electron chi connectivity index (χ4n) is 4.57. The molecule has 0 radical (unpaired) electrons. The number of nitrogens with zero attached hydrogens (tertiary/aromatic N) is 4. The van der Waals surface area contributed by atoms with Crippen molar-refractivity contribution < 1.29 is 9.18 Å². The van der Waals surface area contributed by atoms with Crippen LogP contribution >= 0.6 is 11.3 Å². The zero-order valence-electron chi connectivity index (χ0n) is 21.9. The van der Waals surface area contributed by atoms with Crippen LogP contribution in [0.1, 0.15) is 32.1 Å². The van der Waals surface area contributed by atoms with Gasteiger partial charge in [-0.1, -0.05) is 20.8 Å². The van der Waals surface area contributed by atoms with E-state index in [0.29, 0.717) is 40.1 Å². The second-order valence-electron chi connectivity index (χ2n) is 10.8. The van der Waals surface area contributed by atoms with Crippen LogP contribution in [0.3, 0.4) is 0 Å². The Balaban J connectivity index is 1.39. The van der Waals surface area contributed by atoms with Gasteiger partial charge in [-0.3, -0.25) is 19.9 Å². The van der Waals surface area contributed by atoms with Crippen LogP contribution < -0.4 is 5.32 Å². The summed E-state index contributed by atoms with van der Waals surface area (Å²) in [6.45, 7) is 8.07. The van der Waals surface area contributed by atoms with Gasteiger partial charge in [0.25, 0.3) is 0 Å². The SMILES string of the molecule is Cc1ccc(-c2nccc3[nH]c(-c4[nH]nc5c(F)cc(-c6cncc(NC(=O)CC(C)(C)C)c6)cc45)nc23)s1. The molecule has 6 rings (SSSR count). The van der Waals surface area contributed by atoms with E-state index >= 15 is 4.39 Å². The molecule has 0 aliphatic carbocycles. The maximum Gasteiger partial charge on any atom is 0.224 e. The Morgan fingerprint density at radius 3 is 2.69 bits per heavy atom. The highest BCUT2D eigenvalue weighted by atomic mass is 32.1. The fourth-order valence-corrected chi connectivity index (χ4v) is 5.44. The first-order valence-electron chi connectivity index (χ1n) is 12.5. The molecular formula is C29H26FN7OS. The van der Waals surface area contributed by atoms with Crippen molar-refractivity contribution in [1.82, 2.24) is 30.1 Å². The van der Waals surface area contributed by atoms with Crippen molar-refractivity contribution in [2.75, 3.05) is 5.32 Å². The second-order valence-corrected chi connectivity index (χ2v) is 12.0. The van der Waals surface area contributed by atoms with Gasteiger partial charge in [0.1, 0.15) is 22.4 Å². The molecule has 1 amide bonds. The third-order valence-electron chi connectivity index (χ3n) is 6.27. The Labute approximate surface area is 227 Å². The van der Waals surface area contributed by atoms with E-state index in [9.17, 15) is 4.79 Å². The number of hydrogen-bond donors (Lipinski definition) is 3. The summed E-state index contributed by atoms with van der Waals surface area (Å²) in [5.41, 5.74) is 4.81. The van der Waals surface area contributed by atoms with E-state index in [1.807, 2.05) is 39.0 Å². The summed E-state index contributed by atoms with van der Waals surface area (Å²) in [6.07, 6.45) is 5.34. The Hall–Kier alpha value is -4.44. The van der Waals surface area contributed by atoms with E-state index in [0.717, 1.165) is 21.6 Å². The molecule has 0 unspecified atom stereocenters. The number of aromatic amines is 2. The van der Waals surface area contributed by atoms with Crippen molar-refractivity contribution >= 4 is 44.9 Å². The van der Waals surface area contributed by atoms with Crippen molar-refractivity contribution in [2.24, 2.45) is 5.41 Å². The Kier molecular flexibility index (Phi) is 5.99. The van der Waals surface area contributed by atoms with Gasteiger partial charge in [0, 0.05) is 34.6 Å². The van der Waals surface area contributed by atoms with Gasteiger partial charge in [0.05, 0.1) is 22.3 Å². The van der Waals surface area contributed by atoms with Gasteiger partial charge in [0.15, 0.2) is 11.6 Å². The van der Waals surface area contributed by atoms with Crippen LogP contribution in [0.25, 0.3) is 55.2 Å². The highest BCUT2D eigenvalue weighted by Crippen LogP contribution is 2.35. The van der Waals surface area contributed by atoms with E-state index in [4.69, 9.17) is 4.98 Å². The fraction of sp³-hybridized carbons (Fsp3) is 0.207. The lowest BCUT2D eigenvalue weighted by molar-refractivity contribution is -0.117. The zero-order chi connectivity index (χ0) is 27.3. The lowest BCUT2D eigenvalue weighted by Gasteiger charge is -2.17. The molecule has 5 heterocycles. The number of rotatable bonds is 5. The number of anilines is 1. The van der Waals surface area contributed by atoms with Crippen LogP contribution in [-0.2, 0) is 4.79 Å². The molecule has 5 aromatic heterocycles. The molecule has 0 aliphatic rings. The summed E-state index contributed by atoms with van der Waals surface area (Å²) in [7, 11) is 0. The lowest BCUT2D eigenvalue weighted by atomic mass is 9.92. The average Bonchev–Trinajstić information content (AvgIpc) is 3.60. The molecule has 0 aliphatic heterocycles. The molecule has 0 saturated carbocycles. The molecule has 0 fully saturated rings. The number of fused-ring (bicyclic) bond motifs is 2. The second kappa shape index (κ2) is 9.39. The summed E-state index contributed by atoms with van der Waals surface area (Å²) in [4.78, 5) is 31.7. The van der Waals surface area contributed by atoms with Crippen molar-refractivity contribution in [3.05, 3.63) is 65.7 Å². The molecule has 0 saturated heterocycles. The first kappa shape index (κ1) is 24.9. The summed E-state index contributed by atoms with van der Waals surface area (Å²) in [5, 5.41) is 10.7. The molecule has 0 atom stereocenters. The van der Waals surface area contributed by atoms with Gasteiger partial charge >= 0.3 is 0 Å². The number of thiophene rings is 1. The maximum absolute atomic E-state index is 15.2. The number of imidazole rings is 1. The predicted octanol–water partition coefficient (Wildman–Crippen LogP) is 7.11. The molecule has 10 heteroatoms. The summed E-state index contributed by atoms with van der Waals surface area (Å²) in [6, 6.07) is 11.0. The number of benzene rings is 1. The van der Waals surface area contributed by atoms with E-state index in [-0.39, 0.29) is 16.8 Å². The van der Waals surface area contributed by atoms with Crippen LogP contribution in [0.4, 0.5) is 10.1 Å². The van der Waals surface area contributed by atoms with Crippen molar-refractivity contribution in [2.45, 2.75) is 34.1 Å². The number of pyridine rings is 2. The number of aromatic nitrogens is 6. The number of aryl methyl sites for hydroxylation is 1. The monoisotopic (exact) mass is 539 g/mol. The van der Waals surface area contributed by atoms with Gasteiger partial charge in [-0.05, 0) is 54.3 Å². The number of carbonyl (C=O) groups is 1. The molecule has 8 nitrogen and oxygen atoms in total. The zero-order valence-corrected chi connectivity index (χ0v) is 22.7. The molecular weight excluding hydrogens is 513 g/mol. The summed E-state index contributed by atoms with van der Waals surface area (Å²) in [5.74, 6) is -0.0377. The van der Waals surface area contributed by atoms with Crippen LogP contribution in [0.15, 0.2) is 55.0 Å². The number of halogens is 1. The molecule has 39 heavy (non-hydrogen) atoms. The van der Waals surface area contributed by atoms with Gasteiger partial charge in [-0.2, -0.15) is 5.10 Å². The largest absolute Gasteiger partial charge is 0.337 e. The summed E-state index contributed by atoms with van der Waals surface area (Å²) < 4.78 is 15.2. The first-order valence-corrected chi connectivity index (χ1v) is 13.3.